The van der Waals surface area contributed by atoms with Gasteiger partial charge in [0.15, 0.2) is 0 Å². The predicted molar refractivity (Wildman–Crippen MR) is 204 cm³/mol. The van der Waals surface area contributed by atoms with Gasteiger partial charge in [-0.25, -0.2) is 0 Å². The van der Waals surface area contributed by atoms with Crippen LogP contribution in [0.4, 0.5) is 0 Å². The van der Waals surface area contributed by atoms with E-state index in [-0.39, 0.29) is 0 Å². The summed E-state index contributed by atoms with van der Waals surface area (Å²) in [5.41, 5.74) is 0. The normalized spacial score (nSPS) is 9.22. The second-order valence-electron chi connectivity index (χ2n) is 9.52. The van der Waals surface area contributed by atoms with Crippen molar-refractivity contribution in [3.63, 3.8) is 0 Å². The van der Waals surface area contributed by atoms with Gasteiger partial charge in [0, 0.05) is 0 Å². The molecular formula is C42H34ClNO2P2Ru. The van der Waals surface area contributed by atoms with Crippen LogP contribution in [0.2, 0.25) is 0 Å². The van der Waals surface area contributed by atoms with Gasteiger partial charge < -0.3 is 4.98 Å². The number of aromatic nitrogens is 1. The summed E-state index contributed by atoms with van der Waals surface area (Å²) < 4.78 is 15.0. The molecule has 0 amide bonds. The monoisotopic (exact) mass is 783 g/mol. The van der Waals surface area contributed by atoms with Crippen LogP contribution in [-0.4, -0.2) is 4.98 Å². The minimum Gasteiger partial charge on any atom is -0.403 e. The van der Waals surface area contributed by atoms with Crippen LogP contribution >= 0.6 is 25.5 Å². The van der Waals surface area contributed by atoms with Crippen molar-refractivity contribution in [2.75, 3.05) is 0 Å². The van der Waals surface area contributed by atoms with Gasteiger partial charge in [-0.1, -0.05) is 188 Å². The molecule has 0 unspecified atom stereocenters. The maximum Gasteiger partial charge on any atom is -0.0134 e. The summed E-state index contributed by atoms with van der Waals surface area (Å²) in [5.74, 6) is 0. The predicted octanol–water partition coefficient (Wildman–Crippen LogP) is 8.30. The minimum atomic E-state index is -0.446. The number of benzene rings is 6. The number of rotatable bonds is 6. The van der Waals surface area contributed by atoms with E-state index in [9.17, 15) is 0 Å². The number of nitrogens with zero attached hydrogens (tertiary/aromatic N) is 1. The molecule has 0 spiro atoms. The zero-order valence-corrected chi connectivity index (χ0v) is 30.8. The molecule has 0 fully saturated rings. The molecule has 0 aliphatic heterocycles. The van der Waals surface area contributed by atoms with Crippen molar-refractivity contribution < 1.29 is 26.6 Å². The quantitative estimate of drug-likeness (QED) is 0.0726. The van der Waals surface area contributed by atoms with E-state index in [2.05, 4.69) is 210 Å². The van der Waals surface area contributed by atoms with Crippen molar-refractivity contribution in [1.29, 1.82) is 0 Å². The van der Waals surface area contributed by atoms with Gasteiger partial charge in [-0.3, -0.25) is 0 Å². The Labute approximate surface area is 307 Å². The summed E-state index contributed by atoms with van der Waals surface area (Å²) in [7, 11) is 3.68. The molecule has 3 nitrogen and oxygen atoms in total. The maximum absolute atomic E-state index is 7.50. The molecule has 1 aromatic heterocycles. The molecule has 0 saturated heterocycles. The van der Waals surface area contributed by atoms with Gasteiger partial charge in [-0.2, -0.15) is 12.1 Å². The van der Waals surface area contributed by atoms with Gasteiger partial charge in [0.05, 0.1) is 0 Å². The van der Waals surface area contributed by atoms with E-state index in [1.54, 1.807) is 12.4 Å². The smallest absolute Gasteiger partial charge is 0.0134 e. The molecule has 7 rings (SSSR count). The Morgan fingerprint density at radius 2 is 0.592 bits per heavy atom. The zero-order valence-electron chi connectivity index (χ0n) is 26.5. The Morgan fingerprint density at radius 3 is 0.714 bits per heavy atom. The Bertz CT molecular complexity index is 1470. The molecule has 244 valence electrons. The summed E-state index contributed by atoms with van der Waals surface area (Å²) >= 11 is 1.82. The van der Waals surface area contributed by atoms with Crippen LogP contribution in [0, 0.1) is 13.3 Å². The molecular weight excluding hydrogens is 749 g/mol. The number of halogens is 1. The molecule has 0 aliphatic rings. The van der Waals surface area contributed by atoms with Gasteiger partial charge in [-0.05, 0) is 47.7 Å². The minimum absolute atomic E-state index is 0.446. The standard InChI is InChI=1S/2C18H15P.C4H4N.2CO.ClH.Ru/c2*1-4-10-16(11-5-1)19(17-12-6-2-7-13-17)18-14-8-3-9-15-18;1-2-4-5-3-1;2*1-2;;/h2*1-15H;1-4H;;;1H;/q;;-1;;;;+2/p-1. The van der Waals surface area contributed by atoms with Crippen LogP contribution in [0.3, 0.4) is 0 Å². The van der Waals surface area contributed by atoms with E-state index in [4.69, 9.17) is 9.30 Å². The molecule has 1 heterocycles. The van der Waals surface area contributed by atoms with Crippen molar-refractivity contribution in [2.45, 2.75) is 0 Å². The molecule has 0 bridgehead atoms. The van der Waals surface area contributed by atoms with Crippen molar-refractivity contribution in [3.05, 3.63) is 220 Å². The van der Waals surface area contributed by atoms with E-state index in [0.29, 0.717) is 0 Å². The third-order valence-corrected chi connectivity index (χ3v) is 11.4. The summed E-state index contributed by atoms with van der Waals surface area (Å²) in [6.45, 7) is 9.00. The van der Waals surface area contributed by atoms with Crippen molar-refractivity contribution in [3.8, 4) is 0 Å². The van der Waals surface area contributed by atoms with E-state index in [1.807, 2.05) is 29.4 Å². The fourth-order valence-corrected chi connectivity index (χ4v) is 9.22. The molecule has 7 aromatic rings. The summed E-state index contributed by atoms with van der Waals surface area (Å²) in [6.07, 6.45) is 3.50. The van der Waals surface area contributed by atoms with Crippen molar-refractivity contribution in [2.24, 2.45) is 0 Å². The first-order chi connectivity index (χ1) is 24.4. The van der Waals surface area contributed by atoms with Crippen LogP contribution < -0.4 is 31.8 Å². The average Bonchev–Trinajstić information content (AvgIpc) is 3.81. The van der Waals surface area contributed by atoms with E-state index < -0.39 is 15.8 Å². The van der Waals surface area contributed by atoms with Crippen LogP contribution in [0.25, 0.3) is 0 Å². The van der Waals surface area contributed by atoms with Crippen LogP contribution in [0.1, 0.15) is 0 Å². The first-order valence-corrected chi connectivity index (χ1v) is 19.8. The Hall–Kier alpha value is -4.15. The van der Waals surface area contributed by atoms with E-state index in [1.165, 1.54) is 31.8 Å². The van der Waals surface area contributed by atoms with Crippen molar-refractivity contribution in [1.82, 2.24) is 4.98 Å². The third kappa shape index (κ3) is 14.5. The van der Waals surface area contributed by atoms with Crippen LogP contribution in [0.5, 0.6) is 0 Å². The van der Waals surface area contributed by atoms with Gasteiger partial charge in [0.2, 0.25) is 0 Å². The van der Waals surface area contributed by atoms with E-state index in [0.717, 1.165) is 0 Å². The first kappa shape index (κ1) is 41.0. The third-order valence-electron chi connectivity index (χ3n) is 6.54. The molecule has 0 saturated carbocycles. The van der Waals surface area contributed by atoms with E-state index >= 15 is 0 Å². The summed E-state index contributed by atoms with van der Waals surface area (Å²) in [6, 6.07) is 68.4. The number of hydrogen-bond donors (Lipinski definition) is 0. The topological polar surface area (TPSA) is 52.7 Å². The Balaban J connectivity index is 0.000000263. The largest absolute Gasteiger partial charge is 0.403 e. The van der Waals surface area contributed by atoms with Gasteiger partial charge in [-0.15, -0.1) is 6.20 Å². The summed E-state index contributed by atoms with van der Waals surface area (Å²) in [4.78, 5) is 3.72. The fourth-order valence-electron chi connectivity index (χ4n) is 4.61. The molecule has 49 heavy (non-hydrogen) atoms. The fraction of sp³-hybridized carbons (Fsp3) is 0. The molecule has 0 aliphatic carbocycles. The maximum atomic E-state index is 7.50. The van der Waals surface area contributed by atoms with Gasteiger partial charge in [0.1, 0.15) is 0 Å². The first-order valence-electron chi connectivity index (χ1n) is 14.9. The van der Waals surface area contributed by atoms with Crippen LogP contribution in [0.15, 0.2) is 207 Å². The zero-order chi connectivity index (χ0) is 35.4. The average molecular weight is 783 g/mol. The molecule has 6 aromatic carbocycles. The van der Waals surface area contributed by atoms with Crippen molar-refractivity contribution >= 4 is 57.4 Å². The SMILES string of the molecule is [C-]#[O+].[C-]#[O+].[Cl][Ru+].c1c[cH-]nc1.c1ccc(P(c2ccccc2)c2ccccc2)cc1.c1ccc(P(c2ccccc2)c2ccccc2)cc1. The molecule has 0 atom stereocenters. The summed E-state index contributed by atoms with van der Waals surface area (Å²) in [5, 5.41) is 8.39. The molecule has 0 N–H and O–H groups in total. The molecule has 0 radical (unpaired) electrons. The Morgan fingerprint density at radius 1 is 0.388 bits per heavy atom. The van der Waals surface area contributed by atoms with Crippen LogP contribution in [-0.2, 0) is 26.6 Å². The number of hydrogen-bond acceptors (Lipinski definition) is 1. The van der Waals surface area contributed by atoms with Gasteiger partial charge in [0.25, 0.3) is 0 Å². The second kappa shape index (κ2) is 26.8. The van der Waals surface area contributed by atoms with Gasteiger partial charge >= 0.3 is 49.6 Å². The Kier molecular flexibility index (Phi) is 22.4. The molecule has 7 heteroatoms. The second-order valence-corrected chi connectivity index (χ2v) is 14.0.